The van der Waals surface area contributed by atoms with E-state index >= 15 is 0 Å². The van der Waals surface area contributed by atoms with Crippen molar-refractivity contribution in [2.45, 2.75) is 39.2 Å². The van der Waals surface area contributed by atoms with Crippen LogP contribution in [-0.2, 0) is 19.4 Å². The Balaban J connectivity index is 1.31. The minimum Gasteiger partial charge on any atom is -0.390 e. The number of aliphatic hydroxyl groups excluding tert-OH is 1. The van der Waals surface area contributed by atoms with Gasteiger partial charge in [0.05, 0.1) is 29.9 Å². The fourth-order valence-corrected chi connectivity index (χ4v) is 5.75. The summed E-state index contributed by atoms with van der Waals surface area (Å²) in [5.74, 6) is 0.637. The summed E-state index contributed by atoms with van der Waals surface area (Å²) >= 11 is 0. The van der Waals surface area contributed by atoms with E-state index in [2.05, 4.69) is 21.0 Å². The highest BCUT2D eigenvalue weighted by Crippen LogP contribution is 2.46. The monoisotopic (exact) mass is 443 g/mol. The van der Waals surface area contributed by atoms with Crippen molar-refractivity contribution in [3.8, 4) is 11.3 Å². The smallest absolute Gasteiger partial charge is 0.155 e. The van der Waals surface area contributed by atoms with Gasteiger partial charge in [-0.2, -0.15) is 5.10 Å². The second kappa shape index (κ2) is 7.63. The minimum atomic E-state index is -0.274. The molecule has 0 radical (unpaired) electrons. The molecule has 6 nitrogen and oxygen atoms in total. The zero-order chi connectivity index (χ0) is 22.6. The third-order valence-corrected chi connectivity index (χ3v) is 7.46. The summed E-state index contributed by atoms with van der Waals surface area (Å²) in [7, 11) is 0. The molecule has 7 heteroatoms. The van der Waals surface area contributed by atoms with Gasteiger partial charge in [-0.25, -0.2) is 13.9 Å². The molecule has 1 aromatic carbocycles. The Labute approximate surface area is 191 Å². The molecule has 0 amide bonds. The van der Waals surface area contributed by atoms with E-state index in [1.54, 1.807) is 18.3 Å². The van der Waals surface area contributed by atoms with Crippen molar-refractivity contribution >= 4 is 11.3 Å². The van der Waals surface area contributed by atoms with Crippen LogP contribution in [0, 0.1) is 18.2 Å². The lowest BCUT2D eigenvalue weighted by Crippen LogP contribution is -2.41. The first-order chi connectivity index (χ1) is 16.1. The lowest BCUT2D eigenvalue weighted by Gasteiger charge is -2.40. The van der Waals surface area contributed by atoms with Crippen LogP contribution >= 0.6 is 0 Å². The van der Waals surface area contributed by atoms with Crippen LogP contribution < -0.4 is 4.90 Å². The fourth-order valence-electron chi connectivity index (χ4n) is 5.75. The van der Waals surface area contributed by atoms with Crippen molar-refractivity contribution in [3.05, 3.63) is 77.1 Å². The van der Waals surface area contributed by atoms with Gasteiger partial charge in [-0.05, 0) is 73.4 Å². The predicted octanol–water partition coefficient (Wildman–Crippen LogP) is 4.12. The van der Waals surface area contributed by atoms with Gasteiger partial charge in [0.15, 0.2) is 5.82 Å². The summed E-state index contributed by atoms with van der Waals surface area (Å²) in [5.41, 5.74) is 6.50. The molecule has 3 aromatic heterocycles. The van der Waals surface area contributed by atoms with E-state index in [1.165, 1.54) is 17.2 Å². The Morgan fingerprint density at radius 1 is 1.06 bits per heavy atom. The van der Waals surface area contributed by atoms with Crippen molar-refractivity contribution in [1.82, 2.24) is 19.6 Å². The van der Waals surface area contributed by atoms with Gasteiger partial charge in [0.1, 0.15) is 11.3 Å². The first kappa shape index (κ1) is 20.3. The van der Waals surface area contributed by atoms with Crippen LogP contribution in [0.25, 0.3) is 16.8 Å². The third kappa shape index (κ3) is 3.22. The van der Waals surface area contributed by atoms with Gasteiger partial charge in [0.25, 0.3) is 0 Å². The first-order valence-corrected chi connectivity index (χ1v) is 11.5. The summed E-state index contributed by atoms with van der Waals surface area (Å²) in [6.45, 7) is 3.74. The number of aliphatic hydroxyl groups is 1. The highest BCUT2D eigenvalue weighted by molar-refractivity contribution is 5.75. The van der Waals surface area contributed by atoms with Gasteiger partial charge in [0, 0.05) is 24.8 Å². The van der Waals surface area contributed by atoms with Crippen LogP contribution in [0.4, 0.5) is 10.2 Å². The topological polar surface area (TPSA) is 66.5 Å². The molecular weight excluding hydrogens is 417 g/mol. The maximum atomic E-state index is 14.6. The Bertz CT molecular complexity index is 1360. The molecule has 0 atom stereocenters. The van der Waals surface area contributed by atoms with Crippen LogP contribution in [0.1, 0.15) is 35.4 Å². The molecule has 1 fully saturated rings. The molecule has 1 aliphatic heterocycles. The fraction of sp³-hybridized carbons (Fsp3) is 0.346. The molecule has 0 bridgehead atoms. The summed E-state index contributed by atoms with van der Waals surface area (Å²) < 4.78 is 16.4. The van der Waals surface area contributed by atoms with E-state index in [-0.39, 0.29) is 17.8 Å². The zero-order valence-corrected chi connectivity index (χ0v) is 18.6. The zero-order valence-electron chi connectivity index (χ0n) is 18.6. The summed E-state index contributed by atoms with van der Waals surface area (Å²) in [6.07, 6.45) is 7.73. The quantitative estimate of drug-likeness (QED) is 0.516. The Hall–Kier alpha value is -3.32. The van der Waals surface area contributed by atoms with Crippen molar-refractivity contribution in [2.24, 2.45) is 5.41 Å². The van der Waals surface area contributed by atoms with Gasteiger partial charge >= 0.3 is 0 Å². The van der Waals surface area contributed by atoms with Crippen LogP contribution in [-0.4, -0.2) is 37.8 Å². The number of nitrogens with zero attached hydrogens (tertiary/aromatic N) is 5. The van der Waals surface area contributed by atoms with Gasteiger partial charge in [-0.15, -0.1) is 0 Å². The number of fused-ring (bicyclic) bond motifs is 2. The van der Waals surface area contributed by atoms with E-state index < -0.39 is 0 Å². The average molecular weight is 444 g/mol. The molecule has 168 valence electrons. The number of anilines is 1. The second-order valence-electron chi connectivity index (χ2n) is 9.37. The van der Waals surface area contributed by atoms with Gasteiger partial charge < -0.3 is 10.0 Å². The number of piperidine rings is 1. The highest BCUT2D eigenvalue weighted by atomic mass is 19.1. The van der Waals surface area contributed by atoms with Crippen LogP contribution in [0.3, 0.4) is 0 Å². The number of aryl methyl sites for hydroxylation is 1. The highest BCUT2D eigenvalue weighted by Gasteiger charge is 2.41. The van der Waals surface area contributed by atoms with Gasteiger partial charge in [0.2, 0.25) is 0 Å². The van der Waals surface area contributed by atoms with Crippen molar-refractivity contribution < 1.29 is 9.50 Å². The molecule has 1 N–H and O–H groups in total. The molecule has 1 saturated heterocycles. The molecule has 0 saturated carbocycles. The number of halogens is 1. The van der Waals surface area contributed by atoms with Crippen molar-refractivity contribution in [1.29, 1.82) is 0 Å². The average Bonchev–Trinajstić information content (AvgIpc) is 3.44. The summed E-state index contributed by atoms with van der Waals surface area (Å²) in [6, 6.07) is 10.8. The number of benzene rings is 1. The molecule has 4 heterocycles. The lowest BCUT2D eigenvalue weighted by atomic mass is 9.76. The van der Waals surface area contributed by atoms with E-state index in [1.807, 2.05) is 29.8 Å². The number of rotatable bonds is 3. The SMILES string of the molecule is Cc1nc(N2CCC3(CC2)Cc2ccnc(CO)c2C3)c2ccnn2c1-c1ccccc1F. The molecule has 4 aromatic rings. The maximum Gasteiger partial charge on any atom is 0.155 e. The van der Waals surface area contributed by atoms with Crippen LogP contribution in [0.15, 0.2) is 48.8 Å². The molecule has 33 heavy (non-hydrogen) atoms. The Morgan fingerprint density at radius 2 is 1.88 bits per heavy atom. The van der Waals surface area contributed by atoms with Crippen molar-refractivity contribution in [2.75, 3.05) is 18.0 Å². The largest absolute Gasteiger partial charge is 0.390 e. The second-order valence-corrected chi connectivity index (χ2v) is 9.37. The number of aromatic nitrogens is 4. The molecule has 0 unspecified atom stereocenters. The predicted molar refractivity (Wildman–Crippen MR) is 125 cm³/mol. The van der Waals surface area contributed by atoms with Crippen molar-refractivity contribution in [3.63, 3.8) is 0 Å². The Kier molecular flexibility index (Phi) is 4.69. The Morgan fingerprint density at radius 3 is 2.67 bits per heavy atom. The molecule has 2 aliphatic rings. The van der Waals surface area contributed by atoms with E-state index in [0.29, 0.717) is 11.3 Å². The number of hydrogen-bond donors (Lipinski definition) is 1. The van der Waals surface area contributed by atoms with E-state index in [9.17, 15) is 9.50 Å². The van der Waals surface area contributed by atoms with Crippen LogP contribution in [0.2, 0.25) is 0 Å². The summed E-state index contributed by atoms with van der Waals surface area (Å²) in [5, 5.41) is 14.2. The normalized spacial score (nSPS) is 17.1. The first-order valence-electron chi connectivity index (χ1n) is 11.5. The molecular formula is C26H26FN5O. The lowest BCUT2D eigenvalue weighted by molar-refractivity contribution is 0.230. The van der Waals surface area contributed by atoms with Gasteiger partial charge in [-0.3, -0.25) is 4.98 Å². The molecule has 6 rings (SSSR count). The molecule has 1 spiro atoms. The van der Waals surface area contributed by atoms with Gasteiger partial charge in [-0.1, -0.05) is 12.1 Å². The number of pyridine rings is 1. The summed E-state index contributed by atoms with van der Waals surface area (Å²) in [4.78, 5) is 11.7. The van der Waals surface area contributed by atoms with E-state index in [0.717, 1.165) is 61.5 Å². The maximum absolute atomic E-state index is 14.6. The standard InChI is InChI=1S/C26H26FN5O/c1-17-24(19-4-2-3-5-21(19)27)32-23(7-11-29-32)25(30-17)31-12-8-26(9-13-31)14-18-6-10-28-22(16-33)20(18)15-26/h2-7,10-11,33H,8-9,12-16H2,1H3. The minimum absolute atomic E-state index is 0.00211. The van der Waals surface area contributed by atoms with Crippen LogP contribution in [0.5, 0.6) is 0 Å². The molecule has 1 aliphatic carbocycles. The third-order valence-electron chi connectivity index (χ3n) is 7.46. The number of hydrogen-bond acceptors (Lipinski definition) is 5. The van der Waals surface area contributed by atoms with E-state index in [4.69, 9.17) is 4.98 Å².